The van der Waals surface area contributed by atoms with E-state index in [2.05, 4.69) is 22.3 Å². The van der Waals surface area contributed by atoms with Crippen LogP contribution >= 0.6 is 11.3 Å². The van der Waals surface area contributed by atoms with Gasteiger partial charge in [-0.1, -0.05) is 0 Å². The van der Waals surface area contributed by atoms with E-state index in [4.69, 9.17) is 5.73 Å². The molecular formula is C11H17N5S. The summed E-state index contributed by atoms with van der Waals surface area (Å²) in [6.45, 7) is 6.83. The van der Waals surface area contributed by atoms with E-state index >= 15 is 0 Å². The Bertz CT molecular complexity index is 488. The fourth-order valence-electron chi connectivity index (χ4n) is 1.69. The van der Waals surface area contributed by atoms with Crippen LogP contribution in [0.3, 0.4) is 0 Å². The van der Waals surface area contributed by atoms with E-state index in [1.54, 1.807) is 11.3 Å². The smallest absolute Gasteiger partial charge is 0.148 e. The number of thiazole rings is 1. The van der Waals surface area contributed by atoms with Gasteiger partial charge in [0.2, 0.25) is 0 Å². The number of nitrogen functional groups attached to an aromatic ring is 1. The van der Waals surface area contributed by atoms with Crippen molar-refractivity contribution >= 4 is 22.8 Å². The first-order valence-electron chi connectivity index (χ1n) is 5.62. The van der Waals surface area contributed by atoms with Crippen molar-refractivity contribution < 1.29 is 0 Å². The molecule has 0 amide bonds. The van der Waals surface area contributed by atoms with Crippen molar-refractivity contribution in [3.63, 3.8) is 0 Å². The maximum Gasteiger partial charge on any atom is 0.148 e. The summed E-state index contributed by atoms with van der Waals surface area (Å²) in [6.07, 6.45) is 1.81. The average molecular weight is 251 g/mol. The predicted molar refractivity (Wildman–Crippen MR) is 71.2 cm³/mol. The summed E-state index contributed by atoms with van der Waals surface area (Å²) in [5.41, 5.74) is 7.60. The van der Waals surface area contributed by atoms with Crippen molar-refractivity contribution in [1.29, 1.82) is 0 Å². The number of rotatable bonds is 4. The second kappa shape index (κ2) is 4.75. The Balaban J connectivity index is 2.24. The highest BCUT2D eigenvalue weighted by Crippen LogP contribution is 2.27. The Morgan fingerprint density at radius 1 is 1.59 bits per heavy atom. The zero-order valence-corrected chi connectivity index (χ0v) is 11.1. The van der Waals surface area contributed by atoms with Gasteiger partial charge in [0.15, 0.2) is 0 Å². The van der Waals surface area contributed by atoms with Gasteiger partial charge in [0.05, 0.1) is 17.4 Å². The molecule has 3 N–H and O–H groups in total. The number of hydrogen-bond donors (Lipinski definition) is 2. The van der Waals surface area contributed by atoms with Crippen LogP contribution in [0, 0.1) is 6.92 Å². The van der Waals surface area contributed by atoms with Crippen LogP contribution in [-0.4, -0.2) is 14.8 Å². The van der Waals surface area contributed by atoms with Crippen LogP contribution < -0.4 is 11.1 Å². The lowest BCUT2D eigenvalue weighted by Gasteiger charge is -2.14. The van der Waals surface area contributed by atoms with Crippen molar-refractivity contribution in [2.24, 2.45) is 0 Å². The van der Waals surface area contributed by atoms with Gasteiger partial charge in [0.1, 0.15) is 10.8 Å². The summed E-state index contributed by atoms with van der Waals surface area (Å²) in [4.78, 5) is 4.29. The van der Waals surface area contributed by atoms with Crippen molar-refractivity contribution in [1.82, 2.24) is 14.8 Å². The highest BCUT2D eigenvalue weighted by atomic mass is 32.1. The molecule has 92 valence electrons. The topological polar surface area (TPSA) is 68.8 Å². The van der Waals surface area contributed by atoms with E-state index in [1.807, 2.05) is 30.1 Å². The van der Waals surface area contributed by atoms with Gasteiger partial charge in [-0.2, -0.15) is 5.10 Å². The van der Waals surface area contributed by atoms with Gasteiger partial charge in [0, 0.05) is 18.1 Å². The van der Waals surface area contributed by atoms with Crippen LogP contribution in [0.5, 0.6) is 0 Å². The second-order valence-electron chi connectivity index (χ2n) is 3.90. The lowest BCUT2D eigenvalue weighted by molar-refractivity contribution is 0.651. The molecule has 0 fully saturated rings. The third-order valence-corrected chi connectivity index (χ3v) is 3.61. The maximum absolute atomic E-state index is 6.02. The zero-order valence-electron chi connectivity index (χ0n) is 10.3. The second-order valence-corrected chi connectivity index (χ2v) is 4.83. The molecule has 1 atom stereocenters. The van der Waals surface area contributed by atoms with E-state index < -0.39 is 0 Å². The largest absolute Gasteiger partial charge is 0.394 e. The number of nitrogens with two attached hydrogens (primary N) is 1. The summed E-state index contributed by atoms with van der Waals surface area (Å²) < 4.78 is 1.88. The first-order chi connectivity index (χ1) is 8.13. The Hall–Kier alpha value is -1.56. The molecule has 0 bridgehead atoms. The Morgan fingerprint density at radius 2 is 2.35 bits per heavy atom. The van der Waals surface area contributed by atoms with Crippen molar-refractivity contribution in [3.8, 4) is 0 Å². The standard InChI is InChI=1S/C11H17N5S/c1-4-16-10(9(12)7(2)15-16)14-8(3)11-13-5-6-17-11/h5-6,8,14H,4,12H2,1-3H3. The highest BCUT2D eigenvalue weighted by Gasteiger charge is 2.15. The van der Waals surface area contributed by atoms with Gasteiger partial charge in [0.25, 0.3) is 0 Å². The zero-order chi connectivity index (χ0) is 12.4. The molecule has 2 rings (SSSR count). The van der Waals surface area contributed by atoms with Crippen LogP contribution in [0.15, 0.2) is 11.6 Å². The number of aryl methyl sites for hydroxylation is 2. The lowest BCUT2D eigenvalue weighted by Crippen LogP contribution is -2.12. The van der Waals surface area contributed by atoms with Crippen molar-refractivity contribution in [3.05, 3.63) is 22.3 Å². The van der Waals surface area contributed by atoms with Gasteiger partial charge in [-0.15, -0.1) is 11.3 Å². The molecule has 0 saturated heterocycles. The van der Waals surface area contributed by atoms with E-state index in [-0.39, 0.29) is 6.04 Å². The minimum absolute atomic E-state index is 0.138. The number of anilines is 2. The van der Waals surface area contributed by atoms with E-state index in [1.165, 1.54) is 0 Å². The van der Waals surface area contributed by atoms with Crippen molar-refractivity contribution in [2.45, 2.75) is 33.4 Å². The van der Waals surface area contributed by atoms with Gasteiger partial charge in [-0.25, -0.2) is 9.67 Å². The molecule has 0 radical (unpaired) electrons. The first-order valence-corrected chi connectivity index (χ1v) is 6.50. The lowest BCUT2D eigenvalue weighted by atomic mass is 10.3. The normalized spacial score (nSPS) is 12.6. The molecule has 2 aromatic heterocycles. The van der Waals surface area contributed by atoms with E-state index in [0.717, 1.165) is 28.8 Å². The van der Waals surface area contributed by atoms with Crippen LogP contribution in [0.25, 0.3) is 0 Å². The number of hydrogen-bond acceptors (Lipinski definition) is 5. The Kier molecular flexibility index (Phi) is 3.33. The van der Waals surface area contributed by atoms with Gasteiger partial charge in [-0.05, 0) is 20.8 Å². The first kappa shape index (κ1) is 11.9. The molecule has 0 aliphatic heterocycles. The van der Waals surface area contributed by atoms with Gasteiger partial charge < -0.3 is 11.1 Å². The quantitative estimate of drug-likeness (QED) is 0.875. The van der Waals surface area contributed by atoms with Crippen LogP contribution in [0.4, 0.5) is 11.5 Å². The molecule has 0 aromatic carbocycles. The third kappa shape index (κ3) is 2.26. The summed E-state index contributed by atoms with van der Waals surface area (Å²) in [5.74, 6) is 0.882. The van der Waals surface area contributed by atoms with E-state index in [9.17, 15) is 0 Å². The minimum Gasteiger partial charge on any atom is -0.394 e. The third-order valence-electron chi connectivity index (χ3n) is 2.65. The SMILES string of the molecule is CCn1nc(C)c(N)c1NC(C)c1nccs1. The Morgan fingerprint density at radius 3 is 2.94 bits per heavy atom. The molecule has 6 heteroatoms. The molecule has 0 saturated carbocycles. The molecule has 2 heterocycles. The molecule has 1 unspecified atom stereocenters. The molecule has 0 spiro atoms. The fraction of sp³-hybridized carbons (Fsp3) is 0.455. The number of nitrogens with zero attached hydrogens (tertiary/aromatic N) is 3. The number of aromatic nitrogens is 3. The average Bonchev–Trinajstić information content (AvgIpc) is 2.92. The van der Waals surface area contributed by atoms with Crippen LogP contribution in [-0.2, 0) is 6.54 Å². The van der Waals surface area contributed by atoms with Crippen LogP contribution in [0.1, 0.15) is 30.6 Å². The van der Waals surface area contributed by atoms with Gasteiger partial charge in [-0.3, -0.25) is 0 Å². The molecule has 0 aliphatic carbocycles. The molecule has 0 aliphatic rings. The summed E-state index contributed by atoms with van der Waals surface area (Å²) >= 11 is 1.63. The monoisotopic (exact) mass is 251 g/mol. The van der Waals surface area contributed by atoms with Gasteiger partial charge >= 0.3 is 0 Å². The van der Waals surface area contributed by atoms with Crippen LogP contribution in [0.2, 0.25) is 0 Å². The molecule has 2 aromatic rings. The minimum atomic E-state index is 0.138. The Labute approximate surface area is 105 Å². The molecule has 17 heavy (non-hydrogen) atoms. The molecule has 5 nitrogen and oxygen atoms in total. The van der Waals surface area contributed by atoms with E-state index in [0.29, 0.717) is 0 Å². The molecular weight excluding hydrogens is 234 g/mol. The fourth-order valence-corrected chi connectivity index (χ4v) is 2.34. The predicted octanol–water partition coefficient (Wildman–Crippen LogP) is 2.42. The number of nitrogens with one attached hydrogen (secondary N) is 1. The summed E-state index contributed by atoms with van der Waals surface area (Å²) in [7, 11) is 0. The summed E-state index contributed by atoms with van der Waals surface area (Å²) in [5, 5.41) is 10.8. The summed E-state index contributed by atoms with van der Waals surface area (Å²) in [6, 6.07) is 0.138. The maximum atomic E-state index is 6.02. The van der Waals surface area contributed by atoms with Crippen molar-refractivity contribution in [2.75, 3.05) is 11.1 Å². The highest BCUT2D eigenvalue weighted by molar-refractivity contribution is 7.09.